The molecule has 0 saturated carbocycles. The van der Waals surface area contributed by atoms with Gasteiger partial charge in [-0.3, -0.25) is 4.98 Å². The molecular formula is C17H21N5O. The third-order valence-corrected chi connectivity index (χ3v) is 4.49. The summed E-state index contributed by atoms with van der Waals surface area (Å²) in [5, 5.41) is 6.66. The van der Waals surface area contributed by atoms with E-state index in [9.17, 15) is 0 Å². The van der Waals surface area contributed by atoms with E-state index in [0.717, 1.165) is 62.6 Å². The predicted molar refractivity (Wildman–Crippen MR) is 87.8 cm³/mol. The van der Waals surface area contributed by atoms with Crippen molar-refractivity contribution in [2.75, 3.05) is 25.1 Å². The van der Waals surface area contributed by atoms with E-state index < -0.39 is 0 Å². The van der Waals surface area contributed by atoms with E-state index in [1.807, 2.05) is 18.5 Å². The van der Waals surface area contributed by atoms with Gasteiger partial charge in [0, 0.05) is 49.5 Å². The predicted octanol–water partition coefficient (Wildman–Crippen LogP) is 2.15. The molecule has 2 aromatic rings. The Labute approximate surface area is 135 Å². The number of nitrogens with one attached hydrogen (secondary N) is 2. The lowest BCUT2D eigenvalue weighted by molar-refractivity contribution is 0.0845. The molecular weight excluding hydrogens is 290 g/mol. The highest BCUT2D eigenvalue weighted by atomic mass is 16.5. The van der Waals surface area contributed by atoms with Crippen LogP contribution < -0.4 is 10.6 Å². The molecule has 2 aliphatic rings. The molecule has 2 aliphatic heterocycles. The first-order valence-corrected chi connectivity index (χ1v) is 8.25. The summed E-state index contributed by atoms with van der Waals surface area (Å²) >= 11 is 0. The highest BCUT2D eigenvalue weighted by Crippen LogP contribution is 2.27. The molecule has 1 saturated heterocycles. The van der Waals surface area contributed by atoms with Crippen LogP contribution in [0, 0.1) is 0 Å². The summed E-state index contributed by atoms with van der Waals surface area (Å²) in [5.74, 6) is 1.13. The second-order valence-electron chi connectivity index (χ2n) is 6.07. The van der Waals surface area contributed by atoms with Crippen molar-refractivity contribution < 1.29 is 4.74 Å². The summed E-state index contributed by atoms with van der Waals surface area (Å²) in [6.07, 6.45) is 6.87. The molecule has 6 nitrogen and oxygen atoms in total. The van der Waals surface area contributed by atoms with Crippen molar-refractivity contribution in [3.63, 3.8) is 0 Å². The SMILES string of the molecule is c1cc(Nc2ncc3c(n2)CNCC3)cc(C2CCOCC2)n1. The molecule has 4 rings (SSSR count). The van der Waals surface area contributed by atoms with E-state index in [4.69, 9.17) is 4.74 Å². The maximum Gasteiger partial charge on any atom is 0.227 e. The number of hydrogen-bond acceptors (Lipinski definition) is 6. The van der Waals surface area contributed by atoms with Gasteiger partial charge in [0.2, 0.25) is 5.95 Å². The summed E-state index contributed by atoms with van der Waals surface area (Å²) < 4.78 is 5.43. The fourth-order valence-corrected chi connectivity index (χ4v) is 3.17. The van der Waals surface area contributed by atoms with Gasteiger partial charge in [0.25, 0.3) is 0 Å². The summed E-state index contributed by atoms with van der Waals surface area (Å²) in [7, 11) is 0. The lowest BCUT2D eigenvalue weighted by Gasteiger charge is -2.22. The monoisotopic (exact) mass is 311 g/mol. The summed E-state index contributed by atoms with van der Waals surface area (Å²) in [6.45, 7) is 3.47. The summed E-state index contributed by atoms with van der Waals surface area (Å²) in [6, 6.07) is 4.07. The lowest BCUT2D eigenvalue weighted by Crippen LogP contribution is -2.25. The molecule has 2 aromatic heterocycles. The smallest absolute Gasteiger partial charge is 0.227 e. The van der Waals surface area contributed by atoms with Gasteiger partial charge in [0.05, 0.1) is 5.69 Å². The molecule has 2 N–H and O–H groups in total. The second-order valence-corrected chi connectivity index (χ2v) is 6.07. The minimum atomic E-state index is 0.485. The fourth-order valence-electron chi connectivity index (χ4n) is 3.17. The maximum atomic E-state index is 5.43. The van der Waals surface area contributed by atoms with Gasteiger partial charge in [-0.2, -0.15) is 0 Å². The molecule has 0 radical (unpaired) electrons. The Hall–Kier alpha value is -2.05. The molecule has 23 heavy (non-hydrogen) atoms. The molecule has 0 bridgehead atoms. The second kappa shape index (κ2) is 6.60. The Morgan fingerprint density at radius 3 is 3.04 bits per heavy atom. The number of anilines is 2. The Bertz CT molecular complexity index is 684. The van der Waals surface area contributed by atoms with Gasteiger partial charge in [-0.05, 0) is 43.5 Å². The van der Waals surface area contributed by atoms with E-state index in [1.54, 1.807) is 0 Å². The van der Waals surface area contributed by atoms with Crippen LogP contribution in [-0.4, -0.2) is 34.7 Å². The van der Waals surface area contributed by atoms with E-state index in [0.29, 0.717) is 11.9 Å². The molecule has 0 spiro atoms. The molecule has 4 heterocycles. The number of aromatic nitrogens is 3. The number of nitrogens with zero attached hydrogens (tertiary/aromatic N) is 3. The molecule has 0 unspecified atom stereocenters. The largest absolute Gasteiger partial charge is 0.381 e. The van der Waals surface area contributed by atoms with Crippen LogP contribution >= 0.6 is 0 Å². The van der Waals surface area contributed by atoms with Crippen molar-refractivity contribution in [3.8, 4) is 0 Å². The Kier molecular flexibility index (Phi) is 4.17. The quantitative estimate of drug-likeness (QED) is 0.905. The number of rotatable bonds is 3. The Morgan fingerprint density at radius 1 is 1.22 bits per heavy atom. The normalized spacial score (nSPS) is 18.4. The standard InChI is InChI=1S/C17H21N5O/c1-5-18-11-16-13(1)10-20-17(22-16)21-14-2-6-19-15(9-14)12-3-7-23-8-4-12/h2,6,9-10,12,18H,1,3-5,7-8,11H2,(H,19,20,21,22). The molecule has 0 aliphatic carbocycles. The van der Waals surface area contributed by atoms with Gasteiger partial charge in [-0.25, -0.2) is 9.97 Å². The van der Waals surface area contributed by atoms with Crippen LogP contribution in [0.25, 0.3) is 0 Å². The van der Waals surface area contributed by atoms with Crippen LogP contribution in [0.4, 0.5) is 11.6 Å². The number of pyridine rings is 1. The first-order valence-electron chi connectivity index (χ1n) is 8.25. The van der Waals surface area contributed by atoms with Gasteiger partial charge >= 0.3 is 0 Å². The minimum Gasteiger partial charge on any atom is -0.381 e. The zero-order chi connectivity index (χ0) is 15.5. The van der Waals surface area contributed by atoms with Gasteiger partial charge in [-0.15, -0.1) is 0 Å². The fraction of sp³-hybridized carbons (Fsp3) is 0.471. The first kappa shape index (κ1) is 14.5. The van der Waals surface area contributed by atoms with Gasteiger partial charge in [0.1, 0.15) is 0 Å². The third-order valence-electron chi connectivity index (χ3n) is 4.49. The minimum absolute atomic E-state index is 0.485. The van der Waals surface area contributed by atoms with Crippen LogP contribution in [0.15, 0.2) is 24.5 Å². The highest BCUT2D eigenvalue weighted by Gasteiger charge is 2.17. The Morgan fingerprint density at radius 2 is 2.13 bits per heavy atom. The average Bonchev–Trinajstić information content (AvgIpc) is 2.63. The van der Waals surface area contributed by atoms with Gasteiger partial charge in [0.15, 0.2) is 0 Å². The van der Waals surface area contributed by atoms with Crippen molar-refractivity contribution in [2.45, 2.75) is 31.7 Å². The van der Waals surface area contributed by atoms with E-state index in [2.05, 4.69) is 31.7 Å². The van der Waals surface area contributed by atoms with Crippen molar-refractivity contribution >= 4 is 11.6 Å². The summed E-state index contributed by atoms with van der Waals surface area (Å²) in [4.78, 5) is 13.6. The van der Waals surface area contributed by atoms with Crippen LogP contribution in [0.1, 0.15) is 35.7 Å². The van der Waals surface area contributed by atoms with E-state index in [1.165, 1.54) is 5.56 Å². The van der Waals surface area contributed by atoms with Crippen LogP contribution in [0.2, 0.25) is 0 Å². The van der Waals surface area contributed by atoms with Crippen molar-refractivity contribution in [2.24, 2.45) is 0 Å². The Balaban J connectivity index is 1.52. The van der Waals surface area contributed by atoms with Crippen LogP contribution in [0.5, 0.6) is 0 Å². The van der Waals surface area contributed by atoms with Gasteiger partial charge in [-0.1, -0.05) is 0 Å². The van der Waals surface area contributed by atoms with Crippen molar-refractivity contribution in [1.29, 1.82) is 0 Å². The zero-order valence-corrected chi connectivity index (χ0v) is 13.1. The number of ether oxygens (including phenoxy) is 1. The molecule has 1 fully saturated rings. The average molecular weight is 311 g/mol. The number of hydrogen-bond donors (Lipinski definition) is 2. The molecule has 0 aromatic carbocycles. The first-order chi connectivity index (χ1) is 11.4. The van der Waals surface area contributed by atoms with Crippen LogP contribution in [0.3, 0.4) is 0 Å². The third kappa shape index (κ3) is 3.33. The zero-order valence-electron chi connectivity index (χ0n) is 13.1. The lowest BCUT2D eigenvalue weighted by atomic mass is 9.96. The molecule has 6 heteroatoms. The van der Waals surface area contributed by atoms with Gasteiger partial charge < -0.3 is 15.4 Å². The molecule has 0 atom stereocenters. The number of fused-ring (bicyclic) bond motifs is 1. The maximum absolute atomic E-state index is 5.43. The van der Waals surface area contributed by atoms with Crippen molar-refractivity contribution in [1.82, 2.24) is 20.3 Å². The van der Waals surface area contributed by atoms with E-state index in [-0.39, 0.29) is 0 Å². The van der Waals surface area contributed by atoms with Crippen LogP contribution in [-0.2, 0) is 17.7 Å². The molecule has 0 amide bonds. The van der Waals surface area contributed by atoms with E-state index >= 15 is 0 Å². The summed E-state index contributed by atoms with van der Waals surface area (Å²) in [5.41, 5.74) is 4.45. The van der Waals surface area contributed by atoms with Crippen molar-refractivity contribution in [3.05, 3.63) is 41.5 Å². The molecule has 120 valence electrons. The highest BCUT2D eigenvalue weighted by molar-refractivity contribution is 5.53. The topological polar surface area (TPSA) is 72.0 Å².